The number of ether oxygens (including phenoxy) is 1. The minimum Gasteiger partial charge on any atom is -0.488 e. The first-order chi connectivity index (χ1) is 14.5. The van der Waals surface area contributed by atoms with Gasteiger partial charge in [-0.05, 0) is 75.1 Å². The molecule has 0 atom stereocenters. The SMILES string of the molecule is N#CC(=Cc1ccc(OCc2ccc([N+](=O)[O-])cc2)c(Br)c1)c1ccc(C#N)cc1. The summed E-state index contributed by atoms with van der Waals surface area (Å²) in [6.07, 6.45) is 1.76. The van der Waals surface area contributed by atoms with Crippen LogP contribution in [0.1, 0.15) is 22.3 Å². The number of non-ortho nitro benzene ring substituents is 1. The Kier molecular flexibility index (Phi) is 6.59. The highest BCUT2D eigenvalue weighted by Gasteiger charge is 2.07. The molecule has 146 valence electrons. The van der Waals surface area contributed by atoms with Crippen LogP contribution in [0.5, 0.6) is 5.75 Å². The molecule has 0 bridgehead atoms. The van der Waals surface area contributed by atoms with E-state index in [4.69, 9.17) is 10.00 Å². The number of hydrogen-bond acceptors (Lipinski definition) is 5. The Bertz CT molecular complexity index is 1190. The van der Waals surface area contributed by atoms with E-state index in [1.54, 1.807) is 48.5 Å². The monoisotopic (exact) mass is 459 g/mol. The molecule has 3 aromatic rings. The Labute approximate surface area is 181 Å². The minimum absolute atomic E-state index is 0.0339. The second-order valence-electron chi connectivity index (χ2n) is 6.26. The zero-order valence-electron chi connectivity index (χ0n) is 15.6. The van der Waals surface area contributed by atoms with Crippen molar-refractivity contribution >= 4 is 33.3 Å². The second kappa shape index (κ2) is 9.51. The van der Waals surface area contributed by atoms with Crippen LogP contribution < -0.4 is 4.74 Å². The Hall–Kier alpha value is -3.94. The first kappa shape index (κ1) is 20.8. The lowest BCUT2D eigenvalue weighted by molar-refractivity contribution is -0.384. The zero-order chi connectivity index (χ0) is 21.5. The fourth-order valence-electron chi connectivity index (χ4n) is 2.67. The molecule has 7 heteroatoms. The van der Waals surface area contributed by atoms with E-state index < -0.39 is 4.92 Å². The van der Waals surface area contributed by atoms with Crippen molar-refractivity contribution in [1.82, 2.24) is 0 Å². The van der Waals surface area contributed by atoms with Gasteiger partial charge < -0.3 is 4.74 Å². The van der Waals surface area contributed by atoms with Gasteiger partial charge in [-0.2, -0.15) is 10.5 Å². The van der Waals surface area contributed by atoms with Crippen molar-refractivity contribution in [2.24, 2.45) is 0 Å². The summed E-state index contributed by atoms with van der Waals surface area (Å²) >= 11 is 3.48. The lowest BCUT2D eigenvalue weighted by Crippen LogP contribution is -1.97. The van der Waals surface area contributed by atoms with Crippen molar-refractivity contribution in [3.05, 3.63) is 104 Å². The van der Waals surface area contributed by atoms with Crippen LogP contribution in [0.15, 0.2) is 71.2 Å². The third kappa shape index (κ3) is 5.11. The van der Waals surface area contributed by atoms with Crippen LogP contribution in [0, 0.1) is 32.8 Å². The first-order valence-corrected chi connectivity index (χ1v) is 9.57. The van der Waals surface area contributed by atoms with Crippen molar-refractivity contribution < 1.29 is 9.66 Å². The lowest BCUT2D eigenvalue weighted by atomic mass is 10.0. The summed E-state index contributed by atoms with van der Waals surface area (Å²) in [6.45, 7) is 0.264. The molecule has 0 aromatic heterocycles. The van der Waals surface area contributed by atoms with Gasteiger partial charge in [-0.3, -0.25) is 10.1 Å². The Morgan fingerprint density at radius 1 is 1.07 bits per heavy atom. The molecule has 0 saturated carbocycles. The molecular formula is C23H14BrN3O3. The summed E-state index contributed by atoms with van der Waals surface area (Å²) in [6, 6.07) is 22.7. The summed E-state index contributed by atoms with van der Waals surface area (Å²) in [5.74, 6) is 0.613. The molecule has 0 unspecified atom stereocenters. The molecule has 0 amide bonds. The highest BCUT2D eigenvalue weighted by atomic mass is 79.9. The van der Waals surface area contributed by atoms with Crippen molar-refractivity contribution in [2.75, 3.05) is 0 Å². The molecule has 6 nitrogen and oxygen atoms in total. The minimum atomic E-state index is -0.444. The maximum absolute atomic E-state index is 10.7. The standard InChI is InChI=1S/C23H14BrN3O3/c24-22-12-18(11-20(14-26)19-6-1-16(13-25)2-7-19)5-10-23(22)30-15-17-3-8-21(9-4-17)27(28)29/h1-12H,15H2. The molecule has 30 heavy (non-hydrogen) atoms. The number of halogens is 1. The van der Waals surface area contributed by atoms with Crippen LogP contribution in [0.3, 0.4) is 0 Å². The van der Waals surface area contributed by atoms with Crippen LogP contribution in [0.25, 0.3) is 11.6 Å². The maximum Gasteiger partial charge on any atom is 0.269 e. The topological polar surface area (TPSA) is 99.9 Å². The van der Waals surface area contributed by atoms with Crippen LogP contribution >= 0.6 is 15.9 Å². The molecule has 0 aliphatic heterocycles. The molecule has 0 heterocycles. The van der Waals surface area contributed by atoms with E-state index in [2.05, 4.69) is 28.1 Å². The largest absolute Gasteiger partial charge is 0.488 e. The van der Waals surface area contributed by atoms with Gasteiger partial charge in [0.1, 0.15) is 12.4 Å². The number of nitro benzene ring substituents is 1. The Morgan fingerprint density at radius 3 is 2.33 bits per heavy atom. The van der Waals surface area contributed by atoms with Crippen molar-refractivity contribution in [2.45, 2.75) is 6.61 Å². The normalized spacial score (nSPS) is 10.7. The van der Waals surface area contributed by atoms with E-state index in [1.807, 2.05) is 12.1 Å². The fraction of sp³-hybridized carbons (Fsp3) is 0.0435. The van der Waals surface area contributed by atoms with Crippen LogP contribution in [-0.2, 0) is 6.61 Å². The lowest BCUT2D eigenvalue weighted by Gasteiger charge is -2.09. The summed E-state index contributed by atoms with van der Waals surface area (Å²) in [4.78, 5) is 10.3. The third-order valence-electron chi connectivity index (χ3n) is 4.25. The van der Waals surface area contributed by atoms with Crippen molar-refractivity contribution in [1.29, 1.82) is 10.5 Å². The predicted octanol–water partition coefficient (Wildman–Crippen LogP) is 5.87. The molecule has 0 N–H and O–H groups in total. The number of nitriles is 2. The highest BCUT2D eigenvalue weighted by molar-refractivity contribution is 9.10. The summed E-state index contributed by atoms with van der Waals surface area (Å²) in [7, 11) is 0. The van der Waals surface area contributed by atoms with Crippen LogP contribution in [0.2, 0.25) is 0 Å². The number of hydrogen-bond donors (Lipinski definition) is 0. The Morgan fingerprint density at radius 2 is 1.77 bits per heavy atom. The third-order valence-corrected chi connectivity index (χ3v) is 4.87. The summed E-state index contributed by atoms with van der Waals surface area (Å²) in [5, 5.41) is 29.1. The van der Waals surface area contributed by atoms with E-state index >= 15 is 0 Å². The van der Waals surface area contributed by atoms with Crippen LogP contribution in [-0.4, -0.2) is 4.92 Å². The van der Waals surface area contributed by atoms with Crippen molar-refractivity contribution in [3.8, 4) is 17.9 Å². The quantitative estimate of drug-likeness (QED) is 0.198. The van der Waals surface area contributed by atoms with Gasteiger partial charge in [0.25, 0.3) is 5.69 Å². The second-order valence-corrected chi connectivity index (χ2v) is 7.12. The highest BCUT2D eigenvalue weighted by Crippen LogP contribution is 2.29. The zero-order valence-corrected chi connectivity index (χ0v) is 17.2. The number of nitrogens with zero attached hydrogens (tertiary/aromatic N) is 3. The maximum atomic E-state index is 10.7. The molecule has 0 radical (unpaired) electrons. The van der Waals surface area contributed by atoms with E-state index in [0.29, 0.717) is 16.9 Å². The van der Waals surface area contributed by atoms with Gasteiger partial charge in [0.15, 0.2) is 0 Å². The van der Waals surface area contributed by atoms with E-state index in [1.165, 1.54) is 12.1 Å². The number of nitro groups is 1. The fourth-order valence-corrected chi connectivity index (χ4v) is 3.18. The van der Waals surface area contributed by atoms with Crippen molar-refractivity contribution in [3.63, 3.8) is 0 Å². The van der Waals surface area contributed by atoms with E-state index in [9.17, 15) is 15.4 Å². The van der Waals surface area contributed by atoms with Gasteiger partial charge in [-0.25, -0.2) is 0 Å². The van der Waals surface area contributed by atoms with Gasteiger partial charge in [-0.15, -0.1) is 0 Å². The first-order valence-electron chi connectivity index (χ1n) is 8.78. The van der Waals surface area contributed by atoms with Gasteiger partial charge >= 0.3 is 0 Å². The summed E-state index contributed by atoms with van der Waals surface area (Å²) < 4.78 is 6.50. The van der Waals surface area contributed by atoms with Crippen LogP contribution in [0.4, 0.5) is 5.69 Å². The predicted molar refractivity (Wildman–Crippen MR) is 116 cm³/mol. The number of allylic oxidation sites excluding steroid dienone is 1. The molecule has 0 spiro atoms. The van der Waals surface area contributed by atoms with Gasteiger partial charge in [0, 0.05) is 12.1 Å². The molecular weight excluding hydrogens is 446 g/mol. The summed E-state index contributed by atoms with van der Waals surface area (Å²) in [5.41, 5.74) is 3.39. The van der Waals surface area contributed by atoms with E-state index in [-0.39, 0.29) is 12.3 Å². The molecule has 0 aliphatic rings. The van der Waals surface area contributed by atoms with Gasteiger partial charge in [0.05, 0.1) is 32.7 Å². The number of rotatable bonds is 6. The average Bonchev–Trinajstić information content (AvgIpc) is 2.77. The molecule has 0 fully saturated rings. The van der Waals surface area contributed by atoms with Gasteiger partial charge in [0.2, 0.25) is 0 Å². The van der Waals surface area contributed by atoms with Gasteiger partial charge in [-0.1, -0.05) is 18.2 Å². The molecule has 0 aliphatic carbocycles. The molecule has 3 aromatic carbocycles. The Balaban J connectivity index is 1.73. The molecule has 3 rings (SSSR count). The average molecular weight is 460 g/mol. The number of benzene rings is 3. The molecule has 0 saturated heterocycles. The smallest absolute Gasteiger partial charge is 0.269 e. The van der Waals surface area contributed by atoms with E-state index in [0.717, 1.165) is 21.2 Å².